The van der Waals surface area contributed by atoms with Crippen LogP contribution in [0, 0.1) is 0 Å². The zero-order chi connectivity index (χ0) is 24.1. The highest BCUT2D eigenvalue weighted by Gasteiger charge is 2.15. The standard InChI is InChI=1S/C25H21BrN2O5S/c1-32-20-11-7-19(8-12-20)28-34(30,31)21-13-9-18(10-14-21)27-24(29)16-33-23-15-6-17-4-2-3-5-22(17)25(23)26/h2-15,28H,16H2,1H3,(H,27,29). The molecule has 1 amide bonds. The molecule has 0 atom stereocenters. The van der Waals surface area contributed by atoms with Crippen LogP contribution < -0.4 is 19.5 Å². The van der Waals surface area contributed by atoms with E-state index < -0.39 is 10.0 Å². The van der Waals surface area contributed by atoms with Gasteiger partial charge in [0.15, 0.2) is 6.61 Å². The molecule has 174 valence electrons. The molecule has 7 nitrogen and oxygen atoms in total. The highest BCUT2D eigenvalue weighted by molar-refractivity contribution is 9.10. The summed E-state index contributed by atoms with van der Waals surface area (Å²) in [4.78, 5) is 12.4. The molecule has 4 aromatic rings. The van der Waals surface area contributed by atoms with Crippen LogP contribution in [0.5, 0.6) is 11.5 Å². The zero-order valence-electron chi connectivity index (χ0n) is 18.1. The lowest BCUT2D eigenvalue weighted by atomic mass is 10.1. The number of ether oxygens (including phenoxy) is 2. The Kier molecular flexibility index (Phi) is 7.04. The Morgan fingerprint density at radius 2 is 1.56 bits per heavy atom. The van der Waals surface area contributed by atoms with Crippen molar-refractivity contribution in [3.63, 3.8) is 0 Å². The largest absolute Gasteiger partial charge is 0.497 e. The van der Waals surface area contributed by atoms with Crippen molar-refractivity contribution in [3.05, 3.63) is 89.4 Å². The third kappa shape index (κ3) is 5.49. The van der Waals surface area contributed by atoms with E-state index in [0.717, 1.165) is 15.2 Å². The average molecular weight is 541 g/mol. The average Bonchev–Trinajstić information content (AvgIpc) is 2.84. The maximum Gasteiger partial charge on any atom is 0.262 e. The topological polar surface area (TPSA) is 93.7 Å². The number of rotatable bonds is 8. The summed E-state index contributed by atoms with van der Waals surface area (Å²) in [6.45, 7) is -0.198. The van der Waals surface area contributed by atoms with E-state index in [0.29, 0.717) is 22.9 Å². The number of benzene rings is 4. The number of fused-ring (bicyclic) bond motifs is 1. The van der Waals surface area contributed by atoms with E-state index in [1.807, 2.05) is 30.3 Å². The van der Waals surface area contributed by atoms with Gasteiger partial charge in [0.1, 0.15) is 11.5 Å². The van der Waals surface area contributed by atoms with Crippen molar-refractivity contribution >= 4 is 54.0 Å². The smallest absolute Gasteiger partial charge is 0.262 e. The maximum atomic E-state index is 12.6. The van der Waals surface area contributed by atoms with E-state index in [1.165, 1.54) is 31.4 Å². The normalized spacial score (nSPS) is 11.1. The molecule has 0 saturated heterocycles. The third-order valence-electron chi connectivity index (χ3n) is 4.98. The first-order valence-electron chi connectivity index (χ1n) is 10.2. The number of hydrogen-bond donors (Lipinski definition) is 2. The number of amides is 1. The lowest BCUT2D eigenvalue weighted by molar-refractivity contribution is -0.118. The Morgan fingerprint density at radius 3 is 2.26 bits per heavy atom. The van der Waals surface area contributed by atoms with Crippen LogP contribution in [0.25, 0.3) is 10.8 Å². The summed E-state index contributed by atoms with van der Waals surface area (Å²) in [6, 6.07) is 24.0. The molecular formula is C25H21BrN2O5S. The van der Waals surface area contributed by atoms with Gasteiger partial charge in [-0.25, -0.2) is 8.42 Å². The number of carbonyl (C=O) groups is 1. The van der Waals surface area contributed by atoms with E-state index in [1.54, 1.807) is 30.3 Å². The van der Waals surface area contributed by atoms with Crippen molar-refractivity contribution in [2.24, 2.45) is 0 Å². The van der Waals surface area contributed by atoms with Crippen LogP contribution in [-0.4, -0.2) is 28.0 Å². The Bertz CT molecular complexity index is 1420. The van der Waals surface area contributed by atoms with Crippen molar-refractivity contribution in [2.45, 2.75) is 4.90 Å². The molecule has 0 aliphatic carbocycles. The maximum absolute atomic E-state index is 12.6. The predicted molar refractivity (Wildman–Crippen MR) is 136 cm³/mol. The number of sulfonamides is 1. The Hall–Kier alpha value is -3.56. The highest BCUT2D eigenvalue weighted by atomic mass is 79.9. The lowest BCUT2D eigenvalue weighted by Gasteiger charge is -2.12. The fraction of sp³-hybridized carbons (Fsp3) is 0.0800. The van der Waals surface area contributed by atoms with Gasteiger partial charge in [-0.3, -0.25) is 9.52 Å². The van der Waals surface area contributed by atoms with Gasteiger partial charge in [-0.15, -0.1) is 0 Å². The predicted octanol–water partition coefficient (Wildman–Crippen LogP) is 5.43. The molecular weight excluding hydrogens is 520 g/mol. The third-order valence-corrected chi connectivity index (χ3v) is 7.19. The fourth-order valence-electron chi connectivity index (χ4n) is 3.26. The number of halogens is 1. The van der Waals surface area contributed by atoms with Crippen molar-refractivity contribution in [1.82, 2.24) is 0 Å². The van der Waals surface area contributed by atoms with E-state index in [-0.39, 0.29) is 17.4 Å². The second-order valence-corrected chi connectivity index (χ2v) is 9.77. The molecule has 0 aromatic heterocycles. The lowest BCUT2D eigenvalue weighted by Crippen LogP contribution is -2.20. The van der Waals surface area contributed by atoms with E-state index in [4.69, 9.17) is 9.47 Å². The van der Waals surface area contributed by atoms with Gasteiger partial charge in [0.25, 0.3) is 15.9 Å². The molecule has 4 aromatic carbocycles. The van der Waals surface area contributed by atoms with Crippen LogP contribution in [0.4, 0.5) is 11.4 Å². The van der Waals surface area contributed by atoms with Gasteiger partial charge in [-0.05, 0) is 81.3 Å². The SMILES string of the molecule is COc1ccc(NS(=O)(=O)c2ccc(NC(=O)COc3ccc4ccccc4c3Br)cc2)cc1. The minimum atomic E-state index is -3.78. The highest BCUT2D eigenvalue weighted by Crippen LogP contribution is 2.33. The van der Waals surface area contributed by atoms with Crippen LogP contribution in [0.3, 0.4) is 0 Å². The van der Waals surface area contributed by atoms with E-state index in [2.05, 4.69) is 26.0 Å². The second-order valence-electron chi connectivity index (χ2n) is 7.29. The molecule has 0 aliphatic heterocycles. The number of hydrogen-bond acceptors (Lipinski definition) is 5. The second kappa shape index (κ2) is 10.1. The summed E-state index contributed by atoms with van der Waals surface area (Å²) in [7, 11) is -2.24. The monoisotopic (exact) mass is 540 g/mol. The zero-order valence-corrected chi connectivity index (χ0v) is 20.5. The molecule has 34 heavy (non-hydrogen) atoms. The van der Waals surface area contributed by atoms with Crippen LogP contribution in [0.15, 0.2) is 94.3 Å². The summed E-state index contributed by atoms with van der Waals surface area (Å²) in [6.07, 6.45) is 0. The Morgan fingerprint density at radius 1 is 0.882 bits per heavy atom. The van der Waals surface area contributed by atoms with Crippen LogP contribution in [0.2, 0.25) is 0 Å². The molecule has 0 saturated carbocycles. The van der Waals surface area contributed by atoms with Gasteiger partial charge in [0.2, 0.25) is 0 Å². The first-order chi connectivity index (χ1) is 16.4. The molecule has 2 N–H and O–H groups in total. The van der Waals surface area contributed by atoms with Gasteiger partial charge >= 0.3 is 0 Å². The summed E-state index contributed by atoms with van der Waals surface area (Å²) in [5, 5.41) is 4.75. The Labute approximate surface area is 205 Å². The molecule has 0 spiro atoms. The number of nitrogens with one attached hydrogen (secondary N) is 2. The molecule has 0 unspecified atom stereocenters. The van der Waals surface area contributed by atoms with Gasteiger partial charge < -0.3 is 14.8 Å². The summed E-state index contributed by atoms with van der Waals surface area (Å²) < 4.78 is 39.3. The molecule has 9 heteroatoms. The van der Waals surface area contributed by atoms with Crippen molar-refractivity contribution in [2.75, 3.05) is 23.8 Å². The van der Waals surface area contributed by atoms with Crippen molar-refractivity contribution in [3.8, 4) is 11.5 Å². The summed E-state index contributed by atoms with van der Waals surface area (Å²) >= 11 is 3.53. The van der Waals surface area contributed by atoms with Crippen LogP contribution in [0.1, 0.15) is 0 Å². The van der Waals surface area contributed by atoms with Crippen LogP contribution >= 0.6 is 15.9 Å². The summed E-state index contributed by atoms with van der Waals surface area (Å²) in [5.41, 5.74) is 0.866. The molecule has 0 radical (unpaired) electrons. The number of carbonyl (C=O) groups excluding carboxylic acids is 1. The quantitative estimate of drug-likeness (QED) is 0.310. The van der Waals surface area contributed by atoms with E-state index in [9.17, 15) is 13.2 Å². The molecule has 0 heterocycles. The van der Waals surface area contributed by atoms with Gasteiger partial charge in [-0.2, -0.15) is 0 Å². The van der Waals surface area contributed by atoms with Gasteiger partial charge in [0, 0.05) is 11.4 Å². The van der Waals surface area contributed by atoms with Gasteiger partial charge in [-0.1, -0.05) is 30.3 Å². The minimum absolute atomic E-state index is 0.0673. The Balaban J connectivity index is 1.36. The van der Waals surface area contributed by atoms with Gasteiger partial charge in [0.05, 0.1) is 16.5 Å². The molecule has 0 fully saturated rings. The van der Waals surface area contributed by atoms with Crippen molar-refractivity contribution in [1.29, 1.82) is 0 Å². The summed E-state index contributed by atoms with van der Waals surface area (Å²) in [5.74, 6) is 0.812. The van der Waals surface area contributed by atoms with Crippen molar-refractivity contribution < 1.29 is 22.7 Å². The fourth-order valence-corrected chi connectivity index (χ4v) is 4.92. The number of methoxy groups -OCH3 is 1. The first kappa shape index (κ1) is 23.6. The first-order valence-corrected chi connectivity index (χ1v) is 12.5. The van der Waals surface area contributed by atoms with E-state index >= 15 is 0 Å². The molecule has 4 rings (SSSR count). The minimum Gasteiger partial charge on any atom is -0.497 e. The molecule has 0 bridgehead atoms. The van der Waals surface area contributed by atoms with Crippen LogP contribution in [-0.2, 0) is 14.8 Å². The molecule has 0 aliphatic rings. The number of anilines is 2.